The summed E-state index contributed by atoms with van der Waals surface area (Å²) in [5, 5.41) is 0.793. The second-order valence-electron chi connectivity index (χ2n) is 5.62. The fraction of sp³-hybridized carbons (Fsp3) is 0.167. The van der Waals surface area contributed by atoms with Crippen LogP contribution in [0, 0.1) is 11.6 Å². The first-order chi connectivity index (χ1) is 10.5. The number of aromatic nitrogens is 1. The minimum Gasteiger partial charge on any atom is -0.354 e. The average molecular weight is 299 g/mol. The maximum Gasteiger partial charge on any atom is 0.159 e. The van der Waals surface area contributed by atoms with E-state index in [4.69, 9.17) is 0 Å². The molecule has 3 aromatic rings. The van der Waals surface area contributed by atoms with E-state index in [-0.39, 0.29) is 0 Å². The Morgan fingerprint density at radius 3 is 2.45 bits per heavy atom. The number of carbonyl (C=O) groups excluding carboxylic acids is 1. The Bertz CT molecular complexity index is 865. The minimum atomic E-state index is -0.934. The second-order valence-corrected chi connectivity index (χ2v) is 5.62. The summed E-state index contributed by atoms with van der Waals surface area (Å²) in [5.41, 5.74) is 3.33. The maximum absolute atomic E-state index is 13.4. The van der Waals surface area contributed by atoms with Crippen LogP contribution in [0.1, 0.15) is 35.7 Å². The van der Waals surface area contributed by atoms with Gasteiger partial charge in [-0.3, -0.25) is 4.79 Å². The Morgan fingerprint density at radius 2 is 1.82 bits per heavy atom. The molecule has 0 saturated carbocycles. The van der Waals surface area contributed by atoms with E-state index < -0.39 is 11.6 Å². The number of aromatic amines is 1. The summed E-state index contributed by atoms with van der Waals surface area (Å²) in [5.74, 6) is -1.50. The fourth-order valence-electron chi connectivity index (χ4n) is 2.59. The highest BCUT2D eigenvalue weighted by molar-refractivity contribution is 6.04. The third kappa shape index (κ3) is 2.30. The summed E-state index contributed by atoms with van der Waals surface area (Å²) in [6, 6.07) is 9.47. The van der Waals surface area contributed by atoms with Crippen molar-refractivity contribution in [2.45, 2.75) is 19.8 Å². The summed E-state index contributed by atoms with van der Waals surface area (Å²) in [7, 11) is 0. The number of rotatable bonds is 3. The van der Waals surface area contributed by atoms with Crippen LogP contribution in [0.25, 0.3) is 22.2 Å². The molecule has 22 heavy (non-hydrogen) atoms. The second kappa shape index (κ2) is 5.37. The highest BCUT2D eigenvalue weighted by Crippen LogP contribution is 2.31. The van der Waals surface area contributed by atoms with Gasteiger partial charge in [0.2, 0.25) is 0 Å². The molecule has 3 rings (SSSR count). The highest BCUT2D eigenvalue weighted by Gasteiger charge is 2.15. The van der Waals surface area contributed by atoms with Gasteiger partial charge in [-0.15, -0.1) is 0 Å². The van der Waals surface area contributed by atoms with Crippen LogP contribution in [0.15, 0.2) is 36.4 Å². The van der Waals surface area contributed by atoms with E-state index in [9.17, 15) is 13.6 Å². The Kier molecular flexibility index (Phi) is 3.53. The van der Waals surface area contributed by atoms with Gasteiger partial charge in [0, 0.05) is 22.0 Å². The number of aldehydes is 1. The lowest BCUT2D eigenvalue weighted by Crippen LogP contribution is -1.89. The van der Waals surface area contributed by atoms with E-state index in [0.29, 0.717) is 22.7 Å². The Balaban J connectivity index is 2.25. The minimum absolute atomic E-state index is 0.338. The zero-order chi connectivity index (χ0) is 15.9. The standard InChI is InChI=1S/C18H15F2NO/c1-10(2)11-4-6-17-13(7-11)14(9-22)18(21-17)12-3-5-15(19)16(20)8-12/h3-10,21H,1-2H3. The zero-order valence-electron chi connectivity index (χ0n) is 12.3. The van der Waals surface area contributed by atoms with Crippen molar-refractivity contribution in [3.05, 3.63) is 59.2 Å². The number of nitrogens with one attached hydrogen (secondary N) is 1. The maximum atomic E-state index is 13.4. The predicted octanol–water partition coefficient (Wildman–Crippen LogP) is 5.05. The van der Waals surface area contributed by atoms with Gasteiger partial charge in [0.05, 0.1) is 5.69 Å². The van der Waals surface area contributed by atoms with E-state index in [1.54, 1.807) is 0 Å². The molecule has 1 N–H and O–H groups in total. The van der Waals surface area contributed by atoms with Crippen LogP contribution in [-0.4, -0.2) is 11.3 Å². The van der Waals surface area contributed by atoms with Gasteiger partial charge in [0.25, 0.3) is 0 Å². The van der Waals surface area contributed by atoms with Crippen LogP contribution in [0.4, 0.5) is 8.78 Å². The first kappa shape index (κ1) is 14.4. The Labute approximate surface area is 126 Å². The molecule has 0 spiro atoms. The molecule has 0 aliphatic rings. The average Bonchev–Trinajstić information content (AvgIpc) is 2.87. The van der Waals surface area contributed by atoms with E-state index in [1.165, 1.54) is 6.07 Å². The van der Waals surface area contributed by atoms with Gasteiger partial charge < -0.3 is 4.98 Å². The van der Waals surface area contributed by atoms with Crippen molar-refractivity contribution in [3.63, 3.8) is 0 Å². The number of halogens is 2. The molecule has 0 atom stereocenters. The molecule has 0 aliphatic carbocycles. The van der Waals surface area contributed by atoms with Gasteiger partial charge in [-0.05, 0) is 41.8 Å². The molecular formula is C18H15F2NO. The highest BCUT2D eigenvalue weighted by atomic mass is 19.2. The summed E-state index contributed by atoms with van der Waals surface area (Å²) >= 11 is 0. The van der Waals surface area contributed by atoms with Crippen molar-refractivity contribution >= 4 is 17.2 Å². The number of carbonyl (C=O) groups is 1. The van der Waals surface area contributed by atoms with Gasteiger partial charge in [-0.25, -0.2) is 8.78 Å². The lowest BCUT2D eigenvalue weighted by Gasteiger charge is -2.04. The predicted molar refractivity (Wildman–Crippen MR) is 83.1 cm³/mol. The van der Waals surface area contributed by atoms with Crippen molar-refractivity contribution in [2.75, 3.05) is 0 Å². The Morgan fingerprint density at radius 1 is 1.05 bits per heavy atom. The van der Waals surface area contributed by atoms with Crippen LogP contribution >= 0.6 is 0 Å². The molecule has 1 heterocycles. The number of fused-ring (bicyclic) bond motifs is 1. The van der Waals surface area contributed by atoms with E-state index >= 15 is 0 Å². The molecule has 0 amide bonds. The van der Waals surface area contributed by atoms with Gasteiger partial charge in [-0.1, -0.05) is 19.9 Å². The largest absolute Gasteiger partial charge is 0.354 e. The van der Waals surface area contributed by atoms with Crippen LogP contribution in [0.5, 0.6) is 0 Å². The normalized spacial score (nSPS) is 11.3. The fourth-order valence-corrected chi connectivity index (χ4v) is 2.59. The molecule has 1 aromatic heterocycles. The quantitative estimate of drug-likeness (QED) is 0.674. The molecule has 0 saturated heterocycles. The number of H-pyrrole nitrogens is 1. The molecule has 0 unspecified atom stereocenters. The lowest BCUT2D eigenvalue weighted by atomic mass is 9.99. The Hall–Kier alpha value is -2.49. The van der Waals surface area contributed by atoms with Gasteiger partial charge in [0.15, 0.2) is 17.9 Å². The number of hydrogen-bond acceptors (Lipinski definition) is 1. The summed E-state index contributed by atoms with van der Waals surface area (Å²) in [4.78, 5) is 14.6. The van der Waals surface area contributed by atoms with Crippen molar-refractivity contribution in [2.24, 2.45) is 0 Å². The molecule has 4 heteroatoms. The monoisotopic (exact) mass is 299 g/mol. The number of benzene rings is 2. The summed E-state index contributed by atoms with van der Waals surface area (Å²) < 4.78 is 26.5. The molecular weight excluding hydrogens is 284 g/mol. The first-order valence-electron chi connectivity index (χ1n) is 7.07. The topological polar surface area (TPSA) is 32.9 Å². The zero-order valence-corrected chi connectivity index (χ0v) is 12.3. The molecule has 0 aliphatic heterocycles. The smallest absolute Gasteiger partial charge is 0.159 e. The molecule has 2 aromatic carbocycles. The van der Waals surface area contributed by atoms with Crippen LogP contribution in [-0.2, 0) is 0 Å². The molecule has 0 bridgehead atoms. The summed E-state index contributed by atoms with van der Waals surface area (Å²) in [6.07, 6.45) is 0.750. The molecule has 112 valence electrons. The SMILES string of the molecule is CC(C)c1ccc2[nH]c(-c3ccc(F)c(F)c3)c(C=O)c2c1. The van der Waals surface area contributed by atoms with Crippen LogP contribution in [0.2, 0.25) is 0 Å². The number of hydrogen-bond donors (Lipinski definition) is 1. The molecule has 0 fully saturated rings. The lowest BCUT2D eigenvalue weighted by molar-refractivity contribution is 0.112. The van der Waals surface area contributed by atoms with Crippen LogP contribution in [0.3, 0.4) is 0 Å². The van der Waals surface area contributed by atoms with E-state index in [2.05, 4.69) is 18.8 Å². The van der Waals surface area contributed by atoms with Crippen molar-refractivity contribution in [1.29, 1.82) is 0 Å². The van der Waals surface area contributed by atoms with Gasteiger partial charge in [-0.2, -0.15) is 0 Å². The first-order valence-corrected chi connectivity index (χ1v) is 7.07. The molecule has 0 radical (unpaired) electrons. The van der Waals surface area contributed by atoms with Crippen molar-refractivity contribution < 1.29 is 13.6 Å². The summed E-state index contributed by atoms with van der Waals surface area (Å²) in [6.45, 7) is 4.15. The third-order valence-corrected chi connectivity index (χ3v) is 3.86. The third-order valence-electron chi connectivity index (χ3n) is 3.86. The van der Waals surface area contributed by atoms with E-state index in [1.807, 2.05) is 18.2 Å². The van der Waals surface area contributed by atoms with Crippen molar-refractivity contribution in [3.8, 4) is 11.3 Å². The van der Waals surface area contributed by atoms with Gasteiger partial charge in [0.1, 0.15) is 0 Å². The van der Waals surface area contributed by atoms with E-state index in [0.717, 1.165) is 34.9 Å². The van der Waals surface area contributed by atoms with Crippen molar-refractivity contribution in [1.82, 2.24) is 4.98 Å². The molecule has 2 nitrogen and oxygen atoms in total. The van der Waals surface area contributed by atoms with Gasteiger partial charge >= 0.3 is 0 Å². The van der Waals surface area contributed by atoms with Crippen LogP contribution < -0.4 is 0 Å².